The Balaban J connectivity index is 1.74. The Bertz CT molecular complexity index is 1240. The molecular formula is C24H24N2O2S. The summed E-state index contributed by atoms with van der Waals surface area (Å²) in [4.78, 5) is 19.6. The summed E-state index contributed by atoms with van der Waals surface area (Å²) in [5.41, 5.74) is 6.24. The van der Waals surface area contributed by atoms with Crippen LogP contribution in [0.1, 0.15) is 25.0 Å². The quantitative estimate of drug-likeness (QED) is 0.380. The first-order chi connectivity index (χ1) is 14.0. The van der Waals surface area contributed by atoms with Crippen molar-refractivity contribution in [2.75, 3.05) is 18.0 Å². The van der Waals surface area contributed by atoms with Crippen molar-refractivity contribution in [1.29, 1.82) is 0 Å². The van der Waals surface area contributed by atoms with Crippen molar-refractivity contribution in [2.45, 2.75) is 27.7 Å². The van der Waals surface area contributed by atoms with Gasteiger partial charge in [0.05, 0.1) is 11.3 Å². The van der Waals surface area contributed by atoms with Crippen LogP contribution in [0.3, 0.4) is 0 Å². The van der Waals surface area contributed by atoms with Gasteiger partial charge in [0.25, 0.3) is 0 Å². The second kappa shape index (κ2) is 7.84. The van der Waals surface area contributed by atoms with Crippen LogP contribution in [-0.4, -0.2) is 18.1 Å². The molecule has 4 aromatic rings. The molecule has 0 unspecified atom stereocenters. The molecule has 5 heteroatoms. The maximum Gasteiger partial charge on any atom is 0.346 e. The lowest BCUT2D eigenvalue weighted by molar-refractivity contribution is 0.563. The summed E-state index contributed by atoms with van der Waals surface area (Å²) >= 11 is 1.47. The Morgan fingerprint density at radius 2 is 1.79 bits per heavy atom. The molecule has 29 heavy (non-hydrogen) atoms. The van der Waals surface area contributed by atoms with Gasteiger partial charge in [0.1, 0.15) is 10.6 Å². The zero-order valence-electron chi connectivity index (χ0n) is 17.2. The van der Waals surface area contributed by atoms with E-state index < -0.39 is 0 Å². The van der Waals surface area contributed by atoms with Crippen molar-refractivity contribution in [3.8, 4) is 21.8 Å². The molecule has 0 saturated heterocycles. The Hall–Kier alpha value is -2.92. The average Bonchev–Trinajstić information content (AvgIpc) is 3.20. The Morgan fingerprint density at radius 1 is 1.00 bits per heavy atom. The third-order valence-corrected chi connectivity index (χ3v) is 6.26. The maximum atomic E-state index is 12.7. The van der Waals surface area contributed by atoms with Gasteiger partial charge in [-0.1, -0.05) is 12.1 Å². The van der Waals surface area contributed by atoms with Crippen LogP contribution in [0, 0.1) is 13.8 Å². The lowest BCUT2D eigenvalue weighted by Gasteiger charge is -2.20. The van der Waals surface area contributed by atoms with E-state index in [0.29, 0.717) is 16.2 Å². The number of thiazole rings is 1. The van der Waals surface area contributed by atoms with E-state index in [1.807, 2.05) is 23.6 Å². The second-order valence-corrected chi connectivity index (χ2v) is 8.04. The van der Waals surface area contributed by atoms with E-state index in [-0.39, 0.29) is 5.63 Å². The number of aromatic nitrogens is 1. The average molecular weight is 405 g/mol. The smallest absolute Gasteiger partial charge is 0.346 e. The highest BCUT2D eigenvalue weighted by Crippen LogP contribution is 2.30. The van der Waals surface area contributed by atoms with Crippen LogP contribution in [-0.2, 0) is 0 Å². The van der Waals surface area contributed by atoms with Gasteiger partial charge in [-0.15, -0.1) is 11.3 Å². The molecule has 0 amide bonds. The van der Waals surface area contributed by atoms with Gasteiger partial charge in [-0.3, -0.25) is 0 Å². The molecule has 0 N–H and O–H groups in total. The third-order valence-electron chi connectivity index (χ3n) is 5.39. The standard InChI is InChI=1S/C24H24N2O2S/c1-5-26(6-2)19-10-9-18-12-20(24(27)28-22(18)13-19)23-25-21(14-29-23)17-8-7-15(3)16(4)11-17/h7-14H,5-6H2,1-4H3. The lowest BCUT2D eigenvalue weighted by atomic mass is 10.1. The fourth-order valence-corrected chi connectivity index (χ4v) is 4.30. The van der Waals surface area contributed by atoms with Gasteiger partial charge in [0.2, 0.25) is 0 Å². The van der Waals surface area contributed by atoms with E-state index in [1.54, 1.807) is 0 Å². The van der Waals surface area contributed by atoms with Crippen molar-refractivity contribution < 1.29 is 4.42 Å². The predicted molar refractivity (Wildman–Crippen MR) is 122 cm³/mol. The monoisotopic (exact) mass is 404 g/mol. The van der Waals surface area contributed by atoms with Gasteiger partial charge in [-0.25, -0.2) is 9.78 Å². The van der Waals surface area contributed by atoms with Crippen LogP contribution in [0.2, 0.25) is 0 Å². The number of aryl methyl sites for hydroxylation is 2. The summed E-state index contributed by atoms with van der Waals surface area (Å²) in [6, 6.07) is 14.2. The first-order valence-electron chi connectivity index (χ1n) is 9.86. The molecule has 4 nitrogen and oxygen atoms in total. The number of rotatable bonds is 5. The van der Waals surface area contributed by atoms with Crippen molar-refractivity contribution in [1.82, 2.24) is 4.98 Å². The molecule has 2 aromatic heterocycles. The summed E-state index contributed by atoms with van der Waals surface area (Å²) in [5.74, 6) is 0. The summed E-state index contributed by atoms with van der Waals surface area (Å²) in [5, 5.41) is 3.58. The van der Waals surface area contributed by atoms with Crippen LogP contribution in [0.5, 0.6) is 0 Å². The number of fused-ring (bicyclic) bond motifs is 1. The maximum absolute atomic E-state index is 12.7. The van der Waals surface area contributed by atoms with Crippen molar-refractivity contribution in [2.24, 2.45) is 0 Å². The van der Waals surface area contributed by atoms with Crippen LogP contribution < -0.4 is 10.5 Å². The van der Waals surface area contributed by atoms with Gasteiger partial charge in [-0.05, 0) is 63.1 Å². The van der Waals surface area contributed by atoms with E-state index in [4.69, 9.17) is 9.40 Å². The van der Waals surface area contributed by atoms with Crippen LogP contribution in [0.25, 0.3) is 32.8 Å². The highest BCUT2D eigenvalue weighted by atomic mass is 32.1. The number of hydrogen-bond donors (Lipinski definition) is 0. The largest absolute Gasteiger partial charge is 0.422 e. The molecule has 2 heterocycles. The first kappa shape index (κ1) is 19.4. The second-order valence-electron chi connectivity index (χ2n) is 7.18. The number of anilines is 1. The van der Waals surface area contributed by atoms with Crippen molar-refractivity contribution in [3.63, 3.8) is 0 Å². The molecule has 148 valence electrons. The SMILES string of the molecule is CCN(CC)c1ccc2cc(-c3nc(-c4ccc(C)c(C)c4)cs3)c(=O)oc2c1. The third kappa shape index (κ3) is 3.70. The highest BCUT2D eigenvalue weighted by molar-refractivity contribution is 7.13. The van der Waals surface area contributed by atoms with Crippen molar-refractivity contribution >= 4 is 28.0 Å². The minimum absolute atomic E-state index is 0.352. The zero-order chi connectivity index (χ0) is 20.5. The Morgan fingerprint density at radius 3 is 2.52 bits per heavy atom. The Labute approximate surface area is 174 Å². The topological polar surface area (TPSA) is 46.3 Å². The molecule has 4 rings (SSSR count). The number of nitrogens with zero attached hydrogens (tertiary/aromatic N) is 2. The molecular weight excluding hydrogens is 380 g/mol. The van der Waals surface area contributed by atoms with Crippen molar-refractivity contribution in [3.05, 3.63) is 69.4 Å². The molecule has 0 aliphatic carbocycles. The summed E-state index contributed by atoms with van der Waals surface area (Å²) in [6.45, 7) is 10.2. The summed E-state index contributed by atoms with van der Waals surface area (Å²) in [6.07, 6.45) is 0. The van der Waals surface area contributed by atoms with E-state index >= 15 is 0 Å². The fraction of sp³-hybridized carbons (Fsp3) is 0.250. The minimum atomic E-state index is -0.352. The fourth-order valence-electron chi connectivity index (χ4n) is 3.47. The van der Waals surface area contributed by atoms with E-state index in [2.05, 4.69) is 56.9 Å². The number of hydrogen-bond acceptors (Lipinski definition) is 5. The molecule has 0 aliphatic rings. The van der Waals surface area contributed by atoms with E-state index in [0.717, 1.165) is 35.4 Å². The molecule has 0 spiro atoms. The highest BCUT2D eigenvalue weighted by Gasteiger charge is 2.14. The summed E-state index contributed by atoms with van der Waals surface area (Å²) < 4.78 is 5.66. The predicted octanol–water partition coefficient (Wildman–Crippen LogP) is 6.05. The minimum Gasteiger partial charge on any atom is -0.422 e. The van der Waals surface area contributed by atoms with Gasteiger partial charge in [0.15, 0.2) is 0 Å². The molecule has 2 aromatic carbocycles. The Kier molecular flexibility index (Phi) is 5.24. The molecule has 0 fully saturated rings. The lowest BCUT2D eigenvalue weighted by Crippen LogP contribution is -2.21. The van der Waals surface area contributed by atoms with Gasteiger partial charge in [-0.2, -0.15) is 0 Å². The van der Waals surface area contributed by atoms with Gasteiger partial charge < -0.3 is 9.32 Å². The molecule has 0 atom stereocenters. The summed E-state index contributed by atoms with van der Waals surface area (Å²) in [7, 11) is 0. The molecule has 0 bridgehead atoms. The van der Waals surface area contributed by atoms with Crippen LogP contribution in [0.15, 0.2) is 57.1 Å². The van der Waals surface area contributed by atoms with Crippen LogP contribution >= 0.6 is 11.3 Å². The first-order valence-corrected chi connectivity index (χ1v) is 10.7. The van der Waals surface area contributed by atoms with Crippen LogP contribution in [0.4, 0.5) is 5.69 Å². The van der Waals surface area contributed by atoms with E-state index in [9.17, 15) is 4.79 Å². The van der Waals surface area contributed by atoms with Gasteiger partial charge in [0, 0.05) is 41.2 Å². The normalized spacial score (nSPS) is 11.2. The molecule has 0 aliphatic heterocycles. The molecule has 0 saturated carbocycles. The number of benzene rings is 2. The zero-order valence-corrected chi connectivity index (χ0v) is 18.0. The van der Waals surface area contributed by atoms with Gasteiger partial charge >= 0.3 is 5.63 Å². The molecule has 0 radical (unpaired) electrons. The van der Waals surface area contributed by atoms with E-state index in [1.165, 1.54) is 22.5 Å².